The zero-order chi connectivity index (χ0) is 27.4. The Morgan fingerprint density at radius 1 is 1.39 bits per heavy atom. The normalized spacial score (nSPS) is 31.4. The lowest BCUT2D eigenvalue weighted by Crippen LogP contribution is -2.60. The first-order valence-corrected chi connectivity index (χ1v) is 13.8. The fourth-order valence-corrected chi connectivity index (χ4v) is 7.47. The summed E-state index contributed by atoms with van der Waals surface area (Å²) in [5.41, 5.74) is 0.0825. The van der Waals surface area contributed by atoms with Crippen molar-refractivity contribution in [3.63, 3.8) is 0 Å². The summed E-state index contributed by atoms with van der Waals surface area (Å²) in [5, 5.41) is 28.9. The van der Waals surface area contributed by atoms with Crippen molar-refractivity contribution in [1.29, 1.82) is 0 Å². The molecule has 11 nitrogen and oxygen atoms in total. The van der Waals surface area contributed by atoms with Gasteiger partial charge in [0.05, 0.1) is 36.1 Å². The first kappa shape index (κ1) is 26.8. The highest BCUT2D eigenvalue weighted by Crippen LogP contribution is 2.60. The summed E-state index contributed by atoms with van der Waals surface area (Å²) < 4.78 is 7.97. The van der Waals surface area contributed by atoms with E-state index in [9.17, 15) is 24.6 Å². The Labute approximate surface area is 228 Å². The number of para-hydroxylation sites is 1. The Balaban J connectivity index is 1.59. The third-order valence-electron chi connectivity index (χ3n) is 8.48. The number of carbonyl (C=O) groups excluding carboxylic acids is 2. The number of halogens is 1. The number of likely N-dealkylation sites (tertiary alicyclic amines) is 1. The van der Waals surface area contributed by atoms with Crippen molar-refractivity contribution in [3.05, 3.63) is 36.9 Å². The number of aliphatic carboxylic acids is 1. The number of benzene rings is 1. The van der Waals surface area contributed by atoms with Gasteiger partial charge in [-0.05, 0) is 24.5 Å². The highest BCUT2D eigenvalue weighted by molar-refractivity contribution is 9.09. The highest BCUT2D eigenvalue weighted by Gasteiger charge is 2.77. The lowest BCUT2D eigenvalue weighted by atomic mass is 9.70. The molecule has 2 bridgehead atoms. The van der Waals surface area contributed by atoms with Gasteiger partial charge in [-0.25, -0.2) is 4.68 Å². The molecule has 1 aromatic heterocycles. The van der Waals surface area contributed by atoms with E-state index in [1.54, 1.807) is 10.8 Å². The van der Waals surface area contributed by atoms with E-state index in [1.165, 1.54) is 9.80 Å². The molecule has 204 valence electrons. The van der Waals surface area contributed by atoms with Crippen molar-refractivity contribution in [2.45, 2.75) is 62.0 Å². The van der Waals surface area contributed by atoms with Crippen LogP contribution in [0.3, 0.4) is 0 Å². The Hall–Kier alpha value is -2.83. The van der Waals surface area contributed by atoms with Gasteiger partial charge < -0.3 is 24.7 Å². The molecule has 5 rings (SSSR count). The van der Waals surface area contributed by atoms with Crippen LogP contribution in [0.15, 0.2) is 36.9 Å². The molecule has 1 spiro atoms. The lowest BCUT2D eigenvalue weighted by Gasteiger charge is -2.40. The highest BCUT2D eigenvalue weighted by atomic mass is 79.9. The predicted molar refractivity (Wildman–Crippen MR) is 140 cm³/mol. The average Bonchev–Trinajstić information content (AvgIpc) is 3.61. The first-order valence-electron chi connectivity index (χ1n) is 12.9. The number of aliphatic hydroxyl groups is 1. The van der Waals surface area contributed by atoms with Crippen LogP contribution < -0.4 is 0 Å². The molecule has 3 unspecified atom stereocenters. The van der Waals surface area contributed by atoms with Crippen molar-refractivity contribution in [2.24, 2.45) is 17.8 Å². The second-order valence-corrected chi connectivity index (χ2v) is 11.6. The first-order chi connectivity index (χ1) is 18.2. The molecular formula is C26H32BrN5O6. The molecule has 0 saturated carbocycles. The molecule has 12 heteroatoms. The topological polar surface area (TPSA) is 138 Å². The fraction of sp³-hybridized carbons (Fsp3) is 0.577. The van der Waals surface area contributed by atoms with Gasteiger partial charge in [-0.2, -0.15) is 0 Å². The molecule has 0 radical (unpaired) electrons. The molecule has 3 aliphatic rings. The smallest absolute Gasteiger partial charge is 0.310 e. The van der Waals surface area contributed by atoms with Gasteiger partial charge in [-0.3, -0.25) is 14.4 Å². The number of alkyl halides is 1. The van der Waals surface area contributed by atoms with Crippen molar-refractivity contribution >= 4 is 44.7 Å². The van der Waals surface area contributed by atoms with E-state index in [0.29, 0.717) is 18.4 Å². The van der Waals surface area contributed by atoms with Crippen LogP contribution in [0.25, 0.3) is 11.0 Å². The molecule has 3 fully saturated rings. The number of carboxylic acid groups (broad SMARTS) is 1. The lowest BCUT2D eigenvalue weighted by molar-refractivity contribution is -0.155. The molecule has 4 heterocycles. The zero-order valence-electron chi connectivity index (χ0n) is 21.3. The van der Waals surface area contributed by atoms with Crippen molar-refractivity contribution < 1.29 is 29.3 Å². The maximum Gasteiger partial charge on any atom is 0.310 e. The molecular weight excluding hydrogens is 558 g/mol. The van der Waals surface area contributed by atoms with Crippen LogP contribution in [-0.2, 0) is 25.8 Å². The van der Waals surface area contributed by atoms with E-state index in [-0.39, 0.29) is 30.6 Å². The Morgan fingerprint density at radius 2 is 2.13 bits per heavy atom. The van der Waals surface area contributed by atoms with Crippen LogP contribution in [0.2, 0.25) is 0 Å². The van der Waals surface area contributed by atoms with Gasteiger partial charge in [-0.15, -0.1) is 11.7 Å². The minimum Gasteiger partial charge on any atom is -0.481 e. The summed E-state index contributed by atoms with van der Waals surface area (Å²) in [5.74, 6) is -4.25. The monoisotopic (exact) mass is 589 g/mol. The minimum absolute atomic E-state index is 0.0430. The maximum atomic E-state index is 14.5. The number of carbonyl (C=O) groups is 3. The summed E-state index contributed by atoms with van der Waals surface area (Å²) in [6, 6.07) is 5.59. The van der Waals surface area contributed by atoms with Crippen LogP contribution >= 0.6 is 15.9 Å². The Kier molecular flexibility index (Phi) is 7.08. The molecule has 2 amide bonds. The number of aromatic nitrogens is 3. The van der Waals surface area contributed by atoms with Crippen LogP contribution in [0.4, 0.5) is 0 Å². The third kappa shape index (κ3) is 3.87. The number of fused-ring (bicyclic) bond motifs is 2. The number of nitrogens with zero attached hydrogens (tertiary/aromatic N) is 5. The Morgan fingerprint density at radius 3 is 2.79 bits per heavy atom. The van der Waals surface area contributed by atoms with E-state index < -0.39 is 53.4 Å². The molecule has 3 saturated heterocycles. The summed E-state index contributed by atoms with van der Waals surface area (Å²) in [6.45, 7) is 7.50. The summed E-state index contributed by atoms with van der Waals surface area (Å²) in [4.78, 5) is 43.5. The van der Waals surface area contributed by atoms with Gasteiger partial charge >= 0.3 is 5.97 Å². The van der Waals surface area contributed by atoms with Crippen LogP contribution in [0.5, 0.6) is 0 Å². The zero-order valence-corrected chi connectivity index (χ0v) is 22.9. The quantitative estimate of drug-likeness (QED) is 0.315. The Bertz CT molecular complexity index is 1270. The van der Waals surface area contributed by atoms with Gasteiger partial charge in [0.25, 0.3) is 0 Å². The third-order valence-corrected chi connectivity index (χ3v) is 9.32. The van der Waals surface area contributed by atoms with Crippen LogP contribution in [0.1, 0.15) is 26.7 Å². The molecule has 8 atom stereocenters. The van der Waals surface area contributed by atoms with E-state index in [1.807, 2.05) is 38.1 Å². The van der Waals surface area contributed by atoms with E-state index in [4.69, 9.17) is 4.74 Å². The molecule has 2 N–H and O–H groups in total. The number of ether oxygens (including phenoxy) is 1. The minimum atomic E-state index is -1.33. The van der Waals surface area contributed by atoms with Crippen molar-refractivity contribution in [1.82, 2.24) is 24.8 Å². The number of amides is 2. The van der Waals surface area contributed by atoms with E-state index in [0.717, 1.165) is 5.52 Å². The summed E-state index contributed by atoms with van der Waals surface area (Å²) in [6.07, 6.45) is 1.81. The SMILES string of the molecule is C=CCN(Cn1nnc2ccccc21)C(=O)C1N([C@@H](CO)[C@@H](C)CC)C(=O)[C@@H]2[C@@H](C(=O)O)[C@@H]3OC12CC3Br. The second-order valence-electron chi connectivity index (χ2n) is 10.5. The van der Waals surface area contributed by atoms with Crippen molar-refractivity contribution in [2.75, 3.05) is 13.2 Å². The van der Waals surface area contributed by atoms with Crippen LogP contribution in [-0.4, -0.2) is 94.6 Å². The molecule has 2 aromatic rings. The molecule has 1 aromatic carbocycles. The number of hydrogen-bond donors (Lipinski definition) is 2. The predicted octanol–water partition coefficient (Wildman–Crippen LogP) is 1.64. The van der Waals surface area contributed by atoms with Gasteiger partial charge in [0, 0.05) is 11.4 Å². The number of carboxylic acids is 1. The van der Waals surface area contributed by atoms with E-state index >= 15 is 0 Å². The number of aliphatic hydroxyl groups excluding tert-OH is 1. The van der Waals surface area contributed by atoms with Gasteiger partial charge in [-0.1, -0.05) is 59.6 Å². The summed E-state index contributed by atoms with van der Waals surface area (Å²) >= 11 is 3.56. The van der Waals surface area contributed by atoms with E-state index in [2.05, 4.69) is 32.8 Å². The number of hydrogen-bond acceptors (Lipinski definition) is 7. The fourth-order valence-electron chi connectivity index (χ4n) is 6.53. The molecule has 38 heavy (non-hydrogen) atoms. The molecule has 3 aliphatic heterocycles. The number of rotatable bonds is 10. The standard InChI is InChI=1S/C26H32BrN5O6/c1-4-10-30(13-31-17-9-7-6-8-16(17)28-29-31)24(35)22-26-11-15(27)21(38-26)19(25(36)37)20(26)23(34)32(22)18(12-33)14(3)5-2/h4,6-9,14-15,18-22,33H,1,5,10-13H2,2-3H3,(H,36,37)/t14-,15?,18-,19+,20-,21+,22?,26?/m0/s1. The average molecular weight is 590 g/mol. The van der Waals surface area contributed by atoms with Gasteiger partial charge in [0.1, 0.15) is 23.8 Å². The van der Waals surface area contributed by atoms with Gasteiger partial charge in [0.2, 0.25) is 11.8 Å². The molecule has 0 aliphatic carbocycles. The van der Waals surface area contributed by atoms with Crippen molar-refractivity contribution in [3.8, 4) is 0 Å². The van der Waals surface area contributed by atoms with Gasteiger partial charge in [0.15, 0.2) is 0 Å². The van der Waals surface area contributed by atoms with Crippen LogP contribution in [0, 0.1) is 17.8 Å². The summed E-state index contributed by atoms with van der Waals surface area (Å²) in [7, 11) is 0. The second kappa shape index (κ2) is 10.0. The maximum absolute atomic E-state index is 14.5. The largest absolute Gasteiger partial charge is 0.481 e.